The first kappa shape index (κ1) is 14.5. The molecule has 1 heterocycles. The van der Waals surface area contributed by atoms with Gasteiger partial charge in [0.2, 0.25) is 0 Å². The summed E-state index contributed by atoms with van der Waals surface area (Å²) in [6.45, 7) is 2.30. The Labute approximate surface area is 146 Å². The quantitative estimate of drug-likeness (QED) is 0.670. The van der Waals surface area contributed by atoms with Gasteiger partial charge in [-0.1, -0.05) is 42.5 Å². The van der Waals surface area contributed by atoms with Crippen LogP contribution in [0.5, 0.6) is 0 Å². The molecule has 2 aromatic carbocycles. The van der Waals surface area contributed by atoms with Crippen molar-refractivity contribution in [2.75, 3.05) is 13.1 Å². The first-order valence-electron chi connectivity index (χ1n) is 8.10. The topological polar surface area (TPSA) is 12.0 Å². The minimum Gasteiger partial charge on any atom is -0.317 e. The van der Waals surface area contributed by atoms with Crippen LogP contribution in [0.25, 0.3) is 12.2 Å². The van der Waals surface area contributed by atoms with Gasteiger partial charge in [0.05, 0.1) is 0 Å². The minimum absolute atomic E-state index is 0.526. The normalized spacial score (nSPS) is 21.0. The molecule has 1 fully saturated rings. The number of hydrogen-bond donors (Lipinski definition) is 1. The molecule has 2 aliphatic rings. The van der Waals surface area contributed by atoms with Crippen molar-refractivity contribution < 1.29 is 0 Å². The molecule has 1 saturated heterocycles. The third-order valence-corrected chi connectivity index (χ3v) is 5.68. The number of benzene rings is 2. The molecule has 22 heavy (non-hydrogen) atoms. The summed E-state index contributed by atoms with van der Waals surface area (Å²) in [6, 6.07) is 15.8. The summed E-state index contributed by atoms with van der Waals surface area (Å²) in [5.74, 6) is 1.26. The van der Waals surface area contributed by atoms with E-state index < -0.39 is 0 Å². The van der Waals surface area contributed by atoms with Gasteiger partial charge in [-0.2, -0.15) is 0 Å². The van der Waals surface area contributed by atoms with Gasteiger partial charge in [0.15, 0.2) is 0 Å². The predicted octanol–water partition coefficient (Wildman–Crippen LogP) is 4.91. The van der Waals surface area contributed by atoms with Gasteiger partial charge in [0.25, 0.3) is 0 Å². The molecule has 1 atom stereocenters. The van der Waals surface area contributed by atoms with Crippen LogP contribution in [0, 0.1) is 9.49 Å². The van der Waals surface area contributed by atoms with Crippen LogP contribution in [0.3, 0.4) is 0 Å². The first-order valence-corrected chi connectivity index (χ1v) is 9.18. The Hall–Kier alpha value is -1.13. The van der Waals surface area contributed by atoms with E-state index >= 15 is 0 Å². The molecule has 1 nitrogen and oxygen atoms in total. The lowest BCUT2D eigenvalue weighted by Gasteiger charge is -2.32. The van der Waals surface area contributed by atoms with Crippen molar-refractivity contribution in [3.05, 3.63) is 68.3 Å². The molecule has 0 bridgehead atoms. The van der Waals surface area contributed by atoms with Gasteiger partial charge >= 0.3 is 0 Å². The van der Waals surface area contributed by atoms with Gasteiger partial charge in [0, 0.05) is 9.49 Å². The summed E-state index contributed by atoms with van der Waals surface area (Å²) in [5.41, 5.74) is 5.80. The molecule has 4 rings (SSSR count). The van der Waals surface area contributed by atoms with Gasteiger partial charge in [0.1, 0.15) is 0 Å². The van der Waals surface area contributed by atoms with E-state index in [2.05, 4.69) is 82.5 Å². The lowest BCUT2D eigenvalue weighted by atomic mass is 9.75. The molecule has 1 unspecified atom stereocenters. The van der Waals surface area contributed by atoms with E-state index in [1.807, 2.05) is 0 Å². The molecule has 0 aromatic heterocycles. The molecule has 1 aliphatic heterocycles. The van der Waals surface area contributed by atoms with E-state index in [1.54, 1.807) is 0 Å². The molecule has 0 spiro atoms. The van der Waals surface area contributed by atoms with Crippen LogP contribution in [0.2, 0.25) is 0 Å². The highest BCUT2D eigenvalue weighted by Crippen LogP contribution is 2.42. The molecule has 0 radical (unpaired) electrons. The zero-order chi connectivity index (χ0) is 14.9. The van der Waals surface area contributed by atoms with Gasteiger partial charge < -0.3 is 5.32 Å². The van der Waals surface area contributed by atoms with Crippen molar-refractivity contribution in [3.8, 4) is 0 Å². The largest absolute Gasteiger partial charge is 0.317 e. The van der Waals surface area contributed by atoms with Crippen molar-refractivity contribution in [1.82, 2.24) is 5.32 Å². The summed E-state index contributed by atoms with van der Waals surface area (Å²) in [5, 5.41) is 3.51. The molecule has 2 aromatic rings. The Morgan fingerprint density at radius 1 is 0.864 bits per heavy atom. The van der Waals surface area contributed by atoms with Gasteiger partial charge in [-0.05, 0) is 88.8 Å². The number of nitrogens with one attached hydrogen (secondary N) is 1. The maximum Gasteiger partial charge on any atom is 0.0133 e. The Kier molecular flexibility index (Phi) is 4.05. The molecule has 1 aliphatic carbocycles. The van der Waals surface area contributed by atoms with Crippen LogP contribution in [0.1, 0.15) is 41.0 Å². The predicted molar refractivity (Wildman–Crippen MR) is 102 cm³/mol. The smallest absolute Gasteiger partial charge is 0.0133 e. The molecule has 0 amide bonds. The maximum absolute atomic E-state index is 3.51. The fourth-order valence-corrected chi connectivity index (χ4v) is 4.46. The fourth-order valence-electron chi connectivity index (χ4n) is 3.95. The SMILES string of the molecule is Ic1ccc2c(c1)C(C1CCNCC1)c1ccccc1C=C2. The van der Waals surface area contributed by atoms with Gasteiger partial charge in [-0.25, -0.2) is 0 Å². The Balaban J connectivity index is 1.90. The zero-order valence-corrected chi connectivity index (χ0v) is 14.7. The van der Waals surface area contributed by atoms with Gasteiger partial charge in [-0.3, -0.25) is 0 Å². The first-order chi connectivity index (χ1) is 10.8. The van der Waals surface area contributed by atoms with Gasteiger partial charge in [-0.15, -0.1) is 0 Å². The minimum atomic E-state index is 0.526. The highest BCUT2D eigenvalue weighted by molar-refractivity contribution is 14.1. The summed E-state index contributed by atoms with van der Waals surface area (Å²) in [7, 11) is 0. The Bertz CT molecular complexity index is 713. The second kappa shape index (κ2) is 6.17. The van der Waals surface area contributed by atoms with Crippen LogP contribution >= 0.6 is 22.6 Å². The monoisotopic (exact) mass is 401 g/mol. The molecule has 112 valence electrons. The standard InChI is InChI=1S/C20H20IN/c21-17-8-7-15-6-5-14-3-1-2-4-18(14)20(19(15)13-17)16-9-11-22-12-10-16/h1-8,13,16,20,22H,9-12H2. The summed E-state index contributed by atoms with van der Waals surface area (Å²) in [4.78, 5) is 0. The van der Waals surface area contributed by atoms with E-state index in [9.17, 15) is 0 Å². The Morgan fingerprint density at radius 2 is 1.59 bits per heavy atom. The number of fused-ring (bicyclic) bond motifs is 2. The lowest BCUT2D eigenvalue weighted by Crippen LogP contribution is -2.31. The number of rotatable bonds is 1. The Morgan fingerprint density at radius 3 is 2.41 bits per heavy atom. The van der Waals surface area contributed by atoms with E-state index in [0.717, 1.165) is 19.0 Å². The van der Waals surface area contributed by atoms with Crippen LogP contribution in [-0.2, 0) is 0 Å². The fraction of sp³-hybridized carbons (Fsp3) is 0.300. The molecular formula is C20H20IN. The molecule has 2 heteroatoms. The molecule has 1 N–H and O–H groups in total. The van der Waals surface area contributed by atoms with Crippen LogP contribution in [0.15, 0.2) is 42.5 Å². The summed E-state index contributed by atoms with van der Waals surface area (Å²) < 4.78 is 1.34. The van der Waals surface area contributed by atoms with E-state index in [0.29, 0.717) is 5.92 Å². The number of piperidine rings is 1. The molecular weight excluding hydrogens is 381 g/mol. The number of hydrogen-bond acceptors (Lipinski definition) is 1. The van der Waals surface area contributed by atoms with E-state index in [-0.39, 0.29) is 0 Å². The van der Waals surface area contributed by atoms with Crippen molar-refractivity contribution in [1.29, 1.82) is 0 Å². The second-order valence-electron chi connectivity index (χ2n) is 6.30. The second-order valence-corrected chi connectivity index (χ2v) is 7.55. The summed E-state index contributed by atoms with van der Waals surface area (Å²) in [6.07, 6.45) is 7.13. The van der Waals surface area contributed by atoms with Crippen molar-refractivity contribution in [2.45, 2.75) is 18.8 Å². The van der Waals surface area contributed by atoms with Crippen LogP contribution in [0.4, 0.5) is 0 Å². The maximum atomic E-state index is 3.51. The lowest BCUT2D eigenvalue weighted by molar-refractivity contribution is 0.342. The van der Waals surface area contributed by atoms with Crippen molar-refractivity contribution in [2.24, 2.45) is 5.92 Å². The number of halogens is 1. The van der Waals surface area contributed by atoms with E-state index in [1.165, 1.54) is 38.7 Å². The van der Waals surface area contributed by atoms with Crippen LogP contribution < -0.4 is 5.32 Å². The summed E-state index contributed by atoms with van der Waals surface area (Å²) >= 11 is 2.44. The molecule has 0 saturated carbocycles. The zero-order valence-electron chi connectivity index (χ0n) is 12.6. The third-order valence-electron chi connectivity index (χ3n) is 5.01. The average molecular weight is 401 g/mol. The van der Waals surface area contributed by atoms with Crippen LogP contribution in [-0.4, -0.2) is 13.1 Å². The van der Waals surface area contributed by atoms with Crippen molar-refractivity contribution >= 4 is 34.7 Å². The highest BCUT2D eigenvalue weighted by atomic mass is 127. The van der Waals surface area contributed by atoms with Crippen molar-refractivity contribution in [3.63, 3.8) is 0 Å². The third kappa shape index (κ3) is 2.63. The highest BCUT2D eigenvalue weighted by Gasteiger charge is 2.30. The van der Waals surface area contributed by atoms with E-state index in [4.69, 9.17) is 0 Å². The average Bonchev–Trinajstić information content (AvgIpc) is 2.72.